The van der Waals surface area contributed by atoms with Crippen LogP contribution in [-0.2, 0) is 0 Å². The lowest BCUT2D eigenvalue weighted by Crippen LogP contribution is -1.80. The zero-order valence-electron chi connectivity index (χ0n) is 10.7. The minimum absolute atomic E-state index is 0.166. The summed E-state index contributed by atoms with van der Waals surface area (Å²) in [5, 5.41) is 1.02. The molecule has 92 valence electrons. The number of rotatable bonds is 1. The second kappa shape index (κ2) is 6.50. The fourth-order valence-corrected chi connectivity index (χ4v) is 2.49. The fourth-order valence-electron chi connectivity index (χ4n) is 1.57. The number of aromatic nitrogens is 1. The maximum Gasteiger partial charge on any atom is 0.120 e. The second-order valence-corrected chi connectivity index (χ2v) is 4.68. The molecule has 3 heteroatoms. The largest absolute Gasteiger partial charge is 0.246 e. The van der Waals surface area contributed by atoms with Crippen LogP contribution >= 0.6 is 11.3 Å². The van der Waals surface area contributed by atoms with Crippen LogP contribution in [0.2, 0.25) is 0 Å². The van der Waals surface area contributed by atoms with Gasteiger partial charge in [0.05, 0.1) is 15.6 Å². The molecule has 0 radical (unpaired) electrons. The summed E-state index contributed by atoms with van der Waals surface area (Å²) in [6, 6.07) is 0. The molecule has 1 aromatic rings. The van der Waals surface area contributed by atoms with Crippen LogP contribution in [0.5, 0.6) is 0 Å². The monoisotopic (exact) mass is 251 g/mol. The Hall–Kier alpha value is -1.22. The number of aryl methyl sites for hydroxylation is 2. The van der Waals surface area contributed by atoms with Crippen molar-refractivity contribution in [2.24, 2.45) is 0 Å². The van der Waals surface area contributed by atoms with E-state index in [9.17, 15) is 4.39 Å². The van der Waals surface area contributed by atoms with Crippen molar-refractivity contribution in [3.63, 3.8) is 0 Å². The van der Waals surface area contributed by atoms with Crippen molar-refractivity contribution in [2.75, 3.05) is 0 Å². The van der Waals surface area contributed by atoms with Gasteiger partial charge in [-0.15, -0.1) is 11.3 Å². The van der Waals surface area contributed by atoms with Gasteiger partial charge in [0, 0.05) is 0 Å². The second-order valence-electron chi connectivity index (χ2n) is 3.47. The van der Waals surface area contributed by atoms with Crippen molar-refractivity contribution >= 4 is 16.9 Å². The van der Waals surface area contributed by atoms with Gasteiger partial charge in [-0.25, -0.2) is 9.37 Å². The summed E-state index contributed by atoms with van der Waals surface area (Å²) >= 11 is 1.61. The Morgan fingerprint density at radius 3 is 2.59 bits per heavy atom. The van der Waals surface area contributed by atoms with E-state index in [0.29, 0.717) is 6.42 Å². The Morgan fingerprint density at radius 2 is 2.00 bits per heavy atom. The Balaban J connectivity index is 0.000000686. The van der Waals surface area contributed by atoms with E-state index in [0.717, 1.165) is 21.2 Å². The van der Waals surface area contributed by atoms with Gasteiger partial charge < -0.3 is 0 Å². The maximum absolute atomic E-state index is 13.2. The molecular formula is C14H18FNS. The number of hydrogen-bond acceptors (Lipinski definition) is 2. The topological polar surface area (TPSA) is 12.9 Å². The van der Waals surface area contributed by atoms with Crippen molar-refractivity contribution < 1.29 is 4.39 Å². The quantitative estimate of drug-likeness (QED) is 0.685. The highest BCUT2D eigenvalue weighted by atomic mass is 32.1. The lowest BCUT2D eigenvalue weighted by Gasteiger charge is -1.97. The van der Waals surface area contributed by atoms with Crippen LogP contribution in [0.15, 0.2) is 30.1 Å². The number of hydrogen-bond donors (Lipinski definition) is 0. The summed E-state index contributed by atoms with van der Waals surface area (Å²) in [6.07, 6.45) is 7.73. The molecule has 0 aliphatic heterocycles. The van der Waals surface area contributed by atoms with Crippen LogP contribution in [0.3, 0.4) is 0 Å². The molecule has 0 saturated carbocycles. The van der Waals surface area contributed by atoms with E-state index in [4.69, 9.17) is 0 Å². The van der Waals surface area contributed by atoms with E-state index >= 15 is 0 Å². The first kappa shape index (κ1) is 13.8. The Kier molecular flexibility index (Phi) is 5.29. The van der Waals surface area contributed by atoms with Gasteiger partial charge in [-0.1, -0.05) is 26.0 Å². The van der Waals surface area contributed by atoms with Gasteiger partial charge >= 0.3 is 0 Å². The van der Waals surface area contributed by atoms with Crippen LogP contribution in [0.4, 0.5) is 4.39 Å². The highest BCUT2D eigenvalue weighted by molar-refractivity contribution is 7.12. The van der Waals surface area contributed by atoms with Crippen LogP contribution in [0.25, 0.3) is 5.57 Å². The molecule has 0 fully saturated rings. The SMILES string of the molecule is CC.Cc1nc(C)c(C2=CC(F)=CCC=C2)s1. The van der Waals surface area contributed by atoms with Gasteiger partial charge in [0.2, 0.25) is 0 Å². The molecule has 0 unspecified atom stereocenters. The molecule has 0 amide bonds. The van der Waals surface area contributed by atoms with Gasteiger partial charge in [-0.2, -0.15) is 0 Å². The third-order valence-corrected chi connectivity index (χ3v) is 3.33. The summed E-state index contributed by atoms with van der Waals surface area (Å²) in [5.41, 5.74) is 1.90. The third-order valence-electron chi connectivity index (χ3n) is 2.21. The van der Waals surface area contributed by atoms with Crippen molar-refractivity contribution in [1.82, 2.24) is 4.98 Å². The van der Waals surface area contributed by atoms with Crippen molar-refractivity contribution in [2.45, 2.75) is 34.1 Å². The summed E-state index contributed by atoms with van der Waals surface area (Å²) in [7, 11) is 0. The zero-order chi connectivity index (χ0) is 12.8. The molecule has 0 N–H and O–H groups in total. The van der Waals surface area contributed by atoms with Crippen LogP contribution in [-0.4, -0.2) is 4.98 Å². The van der Waals surface area contributed by atoms with Gasteiger partial charge in [0.25, 0.3) is 0 Å². The summed E-state index contributed by atoms with van der Waals surface area (Å²) < 4.78 is 13.2. The van der Waals surface area contributed by atoms with Gasteiger partial charge in [0.1, 0.15) is 5.83 Å². The average Bonchev–Trinajstić information content (AvgIpc) is 2.52. The molecule has 1 heterocycles. The first-order valence-electron chi connectivity index (χ1n) is 5.85. The maximum atomic E-state index is 13.2. The molecule has 0 saturated heterocycles. The predicted octanol–water partition coefficient (Wildman–Crippen LogP) is 4.98. The Morgan fingerprint density at radius 1 is 1.29 bits per heavy atom. The lowest BCUT2D eigenvalue weighted by molar-refractivity contribution is 0.664. The molecule has 1 nitrogen and oxygen atoms in total. The van der Waals surface area contributed by atoms with E-state index in [1.54, 1.807) is 23.5 Å². The summed E-state index contributed by atoms with van der Waals surface area (Å²) in [6.45, 7) is 7.92. The van der Waals surface area contributed by atoms with Gasteiger partial charge in [-0.3, -0.25) is 0 Å². The van der Waals surface area contributed by atoms with Gasteiger partial charge in [0.15, 0.2) is 0 Å². The Bertz CT molecular complexity index is 467. The Labute approximate surface area is 106 Å². The molecule has 0 atom stereocenters. The lowest BCUT2D eigenvalue weighted by atomic mass is 10.1. The fraction of sp³-hybridized carbons (Fsp3) is 0.357. The molecule has 0 spiro atoms. The predicted molar refractivity (Wildman–Crippen MR) is 73.9 cm³/mol. The summed E-state index contributed by atoms with van der Waals surface area (Å²) in [4.78, 5) is 5.41. The van der Waals surface area contributed by atoms with Crippen molar-refractivity contribution in [1.29, 1.82) is 0 Å². The van der Waals surface area contributed by atoms with E-state index in [2.05, 4.69) is 4.98 Å². The van der Waals surface area contributed by atoms with E-state index in [1.165, 1.54) is 0 Å². The third kappa shape index (κ3) is 3.63. The smallest absolute Gasteiger partial charge is 0.120 e. The molecule has 17 heavy (non-hydrogen) atoms. The van der Waals surface area contributed by atoms with E-state index in [-0.39, 0.29) is 5.83 Å². The molecule has 1 aliphatic rings. The highest BCUT2D eigenvalue weighted by Gasteiger charge is 2.09. The van der Waals surface area contributed by atoms with E-state index in [1.807, 2.05) is 39.8 Å². The first-order valence-corrected chi connectivity index (χ1v) is 6.67. The van der Waals surface area contributed by atoms with Crippen molar-refractivity contribution in [3.8, 4) is 0 Å². The number of halogens is 1. The average molecular weight is 251 g/mol. The van der Waals surface area contributed by atoms with E-state index < -0.39 is 0 Å². The summed E-state index contributed by atoms with van der Waals surface area (Å²) in [5.74, 6) is -0.166. The normalized spacial score (nSPS) is 14.4. The first-order chi connectivity index (χ1) is 8.16. The van der Waals surface area contributed by atoms with Gasteiger partial charge in [-0.05, 0) is 38.0 Å². The molecule has 0 bridgehead atoms. The van der Waals surface area contributed by atoms with Crippen LogP contribution in [0.1, 0.15) is 35.8 Å². The minimum atomic E-state index is -0.166. The van der Waals surface area contributed by atoms with Crippen LogP contribution in [0, 0.1) is 13.8 Å². The molecular weight excluding hydrogens is 233 g/mol. The standard InChI is InChI=1S/C12H12FNS.C2H6/c1-8-12(15-9(2)14-8)10-5-3-4-6-11(13)7-10;1-2/h3,5-7H,4H2,1-2H3;1-2H3. The molecule has 1 aromatic heterocycles. The number of nitrogens with zero attached hydrogens (tertiary/aromatic N) is 1. The number of thiazole rings is 1. The molecule has 2 rings (SSSR count). The molecule has 1 aliphatic carbocycles. The highest BCUT2D eigenvalue weighted by Crippen LogP contribution is 2.29. The minimum Gasteiger partial charge on any atom is -0.246 e. The van der Waals surface area contributed by atoms with Crippen LogP contribution < -0.4 is 0 Å². The zero-order valence-corrected chi connectivity index (χ0v) is 11.6. The number of allylic oxidation sites excluding steroid dienone is 6. The van der Waals surface area contributed by atoms with Crippen molar-refractivity contribution in [3.05, 3.63) is 45.7 Å². The molecule has 0 aromatic carbocycles.